The van der Waals surface area contributed by atoms with Crippen molar-refractivity contribution in [2.75, 3.05) is 18.8 Å². The number of allylic oxidation sites excluding steroid dienone is 2. The summed E-state index contributed by atoms with van der Waals surface area (Å²) in [5.74, 6) is -0.197. The predicted octanol–water partition coefficient (Wildman–Crippen LogP) is 2.60. The molecule has 2 heterocycles. The Kier molecular flexibility index (Phi) is 11.0. The van der Waals surface area contributed by atoms with E-state index in [2.05, 4.69) is 16.1 Å². The van der Waals surface area contributed by atoms with Crippen LogP contribution in [0.4, 0.5) is 0 Å². The number of nitrogens with one attached hydrogen (secondary N) is 2. The van der Waals surface area contributed by atoms with Crippen LogP contribution in [0.5, 0.6) is 0 Å². The molecule has 0 aromatic heterocycles. The van der Waals surface area contributed by atoms with Crippen LogP contribution in [0.1, 0.15) is 71.1 Å². The van der Waals surface area contributed by atoms with Gasteiger partial charge < -0.3 is 15.2 Å². The van der Waals surface area contributed by atoms with Crippen LogP contribution < -0.4 is 10.0 Å². The number of rotatable bonds is 16. The lowest BCUT2D eigenvalue weighted by atomic mass is 9.77. The van der Waals surface area contributed by atoms with Gasteiger partial charge in [0.1, 0.15) is 0 Å². The lowest BCUT2D eigenvalue weighted by molar-refractivity contribution is -0.137. The van der Waals surface area contributed by atoms with E-state index in [0.29, 0.717) is 25.3 Å². The van der Waals surface area contributed by atoms with Gasteiger partial charge >= 0.3 is 5.97 Å². The molecule has 2 aliphatic heterocycles. The number of aliphatic carboxylic acids is 1. The largest absolute Gasteiger partial charge is 0.481 e. The molecule has 4 atom stereocenters. The lowest BCUT2D eigenvalue weighted by Crippen LogP contribution is -2.39. The first-order valence-electron chi connectivity index (χ1n) is 11.6. The number of hydrogen-bond donors (Lipinski definition) is 3. The number of fused-ring (bicyclic) bond motifs is 2. The Bertz CT molecular complexity index is 709. The van der Waals surface area contributed by atoms with Crippen molar-refractivity contribution in [2.45, 2.75) is 83.3 Å². The fraction of sp³-hybridized carbons (Fsp3) is 0.818. The summed E-state index contributed by atoms with van der Waals surface area (Å²) in [4.78, 5) is 22.8. The van der Waals surface area contributed by atoms with Crippen molar-refractivity contribution in [3.05, 3.63) is 12.2 Å². The van der Waals surface area contributed by atoms with Gasteiger partial charge in [-0.25, -0.2) is 13.1 Å². The Balaban J connectivity index is 1.68. The highest BCUT2D eigenvalue weighted by molar-refractivity contribution is 7.89. The zero-order chi connectivity index (χ0) is 22.7. The molecule has 0 unspecified atom stereocenters. The van der Waals surface area contributed by atoms with Gasteiger partial charge in [-0.15, -0.1) is 0 Å². The van der Waals surface area contributed by atoms with E-state index in [1.807, 2.05) is 13.0 Å². The first-order valence-corrected chi connectivity index (χ1v) is 13.2. The van der Waals surface area contributed by atoms with E-state index in [1.165, 1.54) is 0 Å². The molecule has 0 aromatic carbocycles. The maximum Gasteiger partial charge on any atom is 0.303 e. The second kappa shape index (κ2) is 13.2. The highest BCUT2D eigenvalue weighted by Gasteiger charge is 2.47. The molecule has 8 nitrogen and oxygen atoms in total. The van der Waals surface area contributed by atoms with Crippen LogP contribution in [-0.2, 0) is 24.3 Å². The van der Waals surface area contributed by atoms with E-state index in [4.69, 9.17) is 9.84 Å². The molecular formula is C22H38N2O6S. The normalized spacial score (nSPS) is 25.3. The highest BCUT2D eigenvalue weighted by Crippen LogP contribution is 2.44. The van der Waals surface area contributed by atoms with Gasteiger partial charge in [0.05, 0.1) is 18.0 Å². The van der Waals surface area contributed by atoms with Crippen molar-refractivity contribution in [3.63, 3.8) is 0 Å². The van der Waals surface area contributed by atoms with Gasteiger partial charge in [-0.2, -0.15) is 0 Å². The first kappa shape index (κ1) is 25.8. The molecular weight excluding hydrogens is 420 g/mol. The van der Waals surface area contributed by atoms with E-state index in [1.54, 1.807) is 0 Å². The first-order chi connectivity index (χ1) is 14.8. The zero-order valence-corrected chi connectivity index (χ0v) is 19.4. The molecule has 1 amide bonds. The fourth-order valence-electron chi connectivity index (χ4n) is 4.48. The summed E-state index contributed by atoms with van der Waals surface area (Å²) in [6.45, 7) is 2.69. The Morgan fingerprint density at radius 2 is 1.81 bits per heavy atom. The van der Waals surface area contributed by atoms with Crippen molar-refractivity contribution in [3.8, 4) is 0 Å². The maximum absolute atomic E-state index is 12.2. The summed E-state index contributed by atoms with van der Waals surface area (Å²) in [7, 11) is -3.31. The molecule has 0 aromatic rings. The number of amides is 1. The van der Waals surface area contributed by atoms with Crippen molar-refractivity contribution in [1.29, 1.82) is 0 Å². The lowest BCUT2D eigenvalue weighted by Gasteiger charge is -2.27. The van der Waals surface area contributed by atoms with Gasteiger partial charge in [-0.1, -0.05) is 31.9 Å². The number of carboxylic acid groups (broad SMARTS) is 1. The van der Waals surface area contributed by atoms with E-state index in [0.717, 1.165) is 38.5 Å². The van der Waals surface area contributed by atoms with Crippen molar-refractivity contribution >= 4 is 21.9 Å². The van der Waals surface area contributed by atoms with Crippen molar-refractivity contribution < 1.29 is 27.9 Å². The SMILES string of the molecule is CCCCCS(=O)(=O)NCCC(=O)NC[C@H]1[C@@H](C/C=C\CCCC(=O)O)[C@H]2CC[C@@H]1O2. The van der Waals surface area contributed by atoms with Crippen LogP contribution in [0.3, 0.4) is 0 Å². The number of carbonyl (C=O) groups is 2. The van der Waals surface area contributed by atoms with Gasteiger partial charge in [0.15, 0.2) is 0 Å². The Morgan fingerprint density at radius 3 is 2.52 bits per heavy atom. The average molecular weight is 459 g/mol. The third-order valence-electron chi connectivity index (χ3n) is 6.15. The summed E-state index contributed by atoms with van der Waals surface area (Å²) < 4.78 is 32.3. The molecule has 0 spiro atoms. The molecule has 0 aliphatic carbocycles. The minimum absolute atomic E-state index is 0.108. The highest BCUT2D eigenvalue weighted by atomic mass is 32.2. The fourth-order valence-corrected chi connectivity index (χ4v) is 5.62. The van der Waals surface area contributed by atoms with E-state index in [-0.39, 0.29) is 49.2 Å². The number of unbranched alkanes of at least 4 members (excludes halogenated alkanes) is 3. The number of sulfonamides is 1. The predicted molar refractivity (Wildman–Crippen MR) is 119 cm³/mol. The Labute approximate surface area is 186 Å². The van der Waals surface area contributed by atoms with E-state index < -0.39 is 16.0 Å². The number of carbonyl (C=O) groups excluding carboxylic acids is 1. The second-order valence-electron chi connectivity index (χ2n) is 8.59. The van der Waals surface area contributed by atoms with E-state index >= 15 is 0 Å². The van der Waals surface area contributed by atoms with Crippen LogP contribution in [0.2, 0.25) is 0 Å². The Hall–Kier alpha value is -1.45. The van der Waals surface area contributed by atoms with Gasteiger partial charge in [-0.05, 0) is 44.4 Å². The van der Waals surface area contributed by atoms with Crippen molar-refractivity contribution in [2.24, 2.45) is 11.8 Å². The van der Waals surface area contributed by atoms with Gasteiger partial charge in [-0.3, -0.25) is 9.59 Å². The number of ether oxygens (including phenoxy) is 1. The topological polar surface area (TPSA) is 122 Å². The van der Waals surface area contributed by atoms with Crippen LogP contribution in [0, 0.1) is 11.8 Å². The standard InChI is InChI=1S/C22H38N2O6S/c1-2-3-8-15-31(28,29)24-14-13-21(25)23-16-18-17(19-11-12-20(18)30-19)9-6-4-5-7-10-22(26)27/h4,6,17-20,24H,2-3,5,7-16H2,1H3,(H,23,25)(H,26,27)/b6-4-/t17-,18+,19-,20+/m1/s1. The minimum Gasteiger partial charge on any atom is -0.481 e. The van der Waals surface area contributed by atoms with Gasteiger partial charge in [0.25, 0.3) is 0 Å². The van der Waals surface area contributed by atoms with Crippen LogP contribution >= 0.6 is 0 Å². The molecule has 0 saturated carbocycles. The summed E-state index contributed by atoms with van der Waals surface area (Å²) in [5, 5.41) is 11.6. The van der Waals surface area contributed by atoms with Crippen LogP contribution in [0.15, 0.2) is 12.2 Å². The Morgan fingerprint density at radius 1 is 1.06 bits per heavy atom. The molecule has 2 fully saturated rings. The van der Waals surface area contributed by atoms with Crippen LogP contribution in [-0.4, -0.2) is 56.5 Å². The quantitative estimate of drug-likeness (QED) is 0.241. The van der Waals surface area contributed by atoms with Crippen molar-refractivity contribution in [1.82, 2.24) is 10.0 Å². The summed E-state index contributed by atoms with van der Waals surface area (Å²) in [6.07, 6.45) is 11.7. The molecule has 31 heavy (non-hydrogen) atoms. The monoisotopic (exact) mass is 458 g/mol. The third-order valence-corrected chi connectivity index (χ3v) is 7.62. The summed E-state index contributed by atoms with van der Waals surface area (Å²) in [6, 6.07) is 0. The number of hydrogen-bond acceptors (Lipinski definition) is 5. The molecule has 2 aliphatic rings. The second-order valence-corrected chi connectivity index (χ2v) is 10.5. The smallest absolute Gasteiger partial charge is 0.303 e. The van der Waals surface area contributed by atoms with Crippen LogP contribution in [0.25, 0.3) is 0 Å². The average Bonchev–Trinajstić information content (AvgIpc) is 3.30. The number of carboxylic acids is 1. The zero-order valence-electron chi connectivity index (χ0n) is 18.6. The molecule has 2 saturated heterocycles. The minimum atomic E-state index is -3.31. The molecule has 0 radical (unpaired) electrons. The molecule has 9 heteroatoms. The van der Waals surface area contributed by atoms with E-state index in [9.17, 15) is 18.0 Å². The molecule has 3 N–H and O–H groups in total. The molecule has 2 rings (SSSR count). The van der Waals surface area contributed by atoms with Gasteiger partial charge in [0, 0.05) is 31.8 Å². The summed E-state index contributed by atoms with van der Waals surface area (Å²) >= 11 is 0. The molecule has 2 bridgehead atoms. The van der Waals surface area contributed by atoms with Gasteiger partial charge in [0.2, 0.25) is 15.9 Å². The third kappa shape index (κ3) is 9.29. The maximum atomic E-state index is 12.2. The molecule has 178 valence electrons. The summed E-state index contributed by atoms with van der Waals surface area (Å²) in [5.41, 5.74) is 0.